The van der Waals surface area contributed by atoms with Crippen LogP contribution >= 0.6 is 0 Å². The van der Waals surface area contributed by atoms with Gasteiger partial charge in [0.1, 0.15) is 18.2 Å². The highest BCUT2D eigenvalue weighted by atomic mass is 19.4. The number of pyridine rings is 1. The van der Waals surface area contributed by atoms with E-state index in [1.807, 2.05) is 18.7 Å². The molecule has 2 aromatic rings. The number of morpholine rings is 1. The number of aliphatic hydroxyl groups is 1. The minimum Gasteiger partial charge on any atom is -0.487 e. The number of aliphatic hydroxyl groups excluding tert-OH is 1. The molecule has 0 aliphatic carbocycles. The Hall–Kier alpha value is -2.32. The number of hydrogen-bond donors (Lipinski definition) is 1. The number of aryl methyl sites for hydroxylation is 1. The molecule has 29 heavy (non-hydrogen) atoms. The fraction of sp³-hybridized carbons (Fsp3) is 0.476. The predicted molar refractivity (Wildman–Crippen MR) is 105 cm³/mol. The van der Waals surface area contributed by atoms with Gasteiger partial charge in [0.2, 0.25) is 0 Å². The van der Waals surface area contributed by atoms with Crippen LogP contribution < -0.4 is 9.64 Å². The first kappa shape index (κ1) is 23.0. The van der Waals surface area contributed by atoms with Crippen molar-refractivity contribution in [3.63, 3.8) is 0 Å². The fourth-order valence-electron chi connectivity index (χ4n) is 3.00. The van der Waals surface area contributed by atoms with Crippen LogP contribution in [-0.4, -0.2) is 42.5 Å². The van der Waals surface area contributed by atoms with Crippen molar-refractivity contribution in [2.45, 2.75) is 39.7 Å². The average molecular weight is 412 g/mol. The number of benzene rings is 1. The number of hydrogen-bond acceptors (Lipinski definition) is 5. The molecular weight excluding hydrogens is 385 g/mol. The molecule has 1 N–H and O–H groups in total. The molecular formula is C21H27F3N2O3. The van der Waals surface area contributed by atoms with Crippen molar-refractivity contribution in [2.75, 3.05) is 31.2 Å². The standard InChI is InChI=1S/C19H21F3N2O3.C2H6/c1-13-3-2-4-17(19(20,21)22)16(13)12-27-14-5-6-18(23-9-14)24-7-8-26-15(10-24)11-25;1-2/h2-6,9,15,25H,7-8,10-12H2,1H3;1-2H3. The maximum Gasteiger partial charge on any atom is 0.416 e. The van der Waals surface area contributed by atoms with Gasteiger partial charge < -0.3 is 19.5 Å². The summed E-state index contributed by atoms with van der Waals surface area (Å²) in [7, 11) is 0. The van der Waals surface area contributed by atoms with Crippen LogP contribution in [0.2, 0.25) is 0 Å². The van der Waals surface area contributed by atoms with Gasteiger partial charge in [-0.1, -0.05) is 26.0 Å². The van der Waals surface area contributed by atoms with Crippen LogP contribution in [0.1, 0.15) is 30.5 Å². The lowest BCUT2D eigenvalue weighted by Crippen LogP contribution is -2.44. The van der Waals surface area contributed by atoms with Gasteiger partial charge in [0.25, 0.3) is 0 Å². The summed E-state index contributed by atoms with van der Waals surface area (Å²) in [5.74, 6) is 1.10. The Bertz CT molecular complexity index is 767. The number of halogens is 3. The van der Waals surface area contributed by atoms with Gasteiger partial charge in [-0.3, -0.25) is 0 Å². The summed E-state index contributed by atoms with van der Waals surface area (Å²) in [5.41, 5.74) is -0.0405. The molecule has 1 aliphatic heterocycles. The fourth-order valence-corrected chi connectivity index (χ4v) is 3.00. The molecule has 1 aromatic heterocycles. The van der Waals surface area contributed by atoms with E-state index >= 15 is 0 Å². The Labute approximate surface area is 169 Å². The van der Waals surface area contributed by atoms with Crippen LogP contribution in [0, 0.1) is 6.92 Å². The quantitative estimate of drug-likeness (QED) is 0.797. The molecule has 0 bridgehead atoms. The average Bonchev–Trinajstić information content (AvgIpc) is 2.74. The van der Waals surface area contributed by atoms with Crippen LogP contribution in [0.3, 0.4) is 0 Å². The van der Waals surface area contributed by atoms with E-state index in [-0.39, 0.29) is 24.9 Å². The zero-order valence-corrected chi connectivity index (χ0v) is 16.9. The Morgan fingerprint density at radius 2 is 2.00 bits per heavy atom. The van der Waals surface area contributed by atoms with Gasteiger partial charge in [-0.05, 0) is 30.7 Å². The summed E-state index contributed by atoms with van der Waals surface area (Å²) in [4.78, 5) is 6.30. The molecule has 0 amide bonds. The molecule has 1 fully saturated rings. The largest absolute Gasteiger partial charge is 0.487 e. The first-order chi connectivity index (χ1) is 13.9. The number of rotatable bonds is 5. The Morgan fingerprint density at radius 3 is 2.62 bits per heavy atom. The van der Waals surface area contributed by atoms with Crippen molar-refractivity contribution in [3.8, 4) is 5.75 Å². The third kappa shape index (κ3) is 6.08. The van der Waals surface area contributed by atoms with E-state index in [4.69, 9.17) is 9.47 Å². The molecule has 1 aromatic carbocycles. The first-order valence-corrected chi connectivity index (χ1v) is 9.60. The number of aromatic nitrogens is 1. The second kappa shape index (κ2) is 10.5. The summed E-state index contributed by atoms with van der Waals surface area (Å²) in [6.07, 6.45) is -3.19. The number of alkyl halides is 3. The molecule has 5 nitrogen and oxygen atoms in total. The Kier molecular flexibility index (Phi) is 8.28. The number of nitrogens with zero attached hydrogens (tertiary/aromatic N) is 2. The highest BCUT2D eigenvalue weighted by Gasteiger charge is 2.33. The lowest BCUT2D eigenvalue weighted by Gasteiger charge is -2.32. The third-order valence-corrected chi connectivity index (χ3v) is 4.49. The Balaban J connectivity index is 0.00000145. The molecule has 1 unspecified atom stereocenters. The topological polar surface area (TPSA) is 54.8 Å². The smallest absolute Gasteiger partial charge is 0.416 e. The number of anilines is 1. The van der Waals surface area contributed by atoms with E-state index < -0.39 is 11.7 Å². The van der Waals surface area contributed by atoms with E-state index in [0.717, 1.165) is 6.07 Å². The van der Waals surface area contributed by atoms with E-state index in [0.29, 0.717) is 36.8 Å². The molecule has 0 radical (unpaired) electrons. The van der Waals surface area contributed by atoms with Crippen LogP contribution in [0.25, 0.3) is 0 Å². The van der Waals surface area contributed by atoms with E-state index in [1.54, 1.807) is 25.1 Å². The van der Waals surface area contributed by atoms with Gasteiger partial charge in [-0.25, -0.2) is 4.98 Å². The molecule has 8 heteroatoms. The second-order valence-electron chi connectivity index (χ2n) is 6.36. The lowest BCUT2D eigenvalue weighted by atomic mass is 10.0. The summed E-state index contributed by atoms with van der Waals surface area (Å²) in [5, 5.41) is 9.21. The molecule has 1 aliphatic rings. The Morgan fingerprint density at radius 1 is 1.24 bits per heavy atom. The van der Waals surface area contributed by atoms with Gasteiger partial charge in [-0.2, -0.15) is 13.2 Å². The van der Waals surface area contributed by atoms with Crippen molar-refractivity contribution < 1.29 is 27.8 Å². The van der Waals surface area contributed by atoms with E-state index in [2.05, 4.69) is 4.98 Å². The van der Waals surface area contributed by atoms with Crippen molar-refractivity contribution in [1.29, 1.82) is 0 Å². The second-order valence-corrected chi connectivity index (χ2v) is 6.36. The summed E-state index contributed by atoms with van der Waals surface area (Å²) in [6, 6.07) is 7.50. The van der Waals surface area contributed by atoms with Gasteiger partial charge in [0.05, 0.1) is 31.1 Å². The summed E-state index contributed by atoms with van der Waals surface area (Å²) in [6.45, 7) is 7.07. The molecule has 0 spiro atoms. The van der Waals surface area contributed by atoms with Gasteiger partial charge in [0, 0.05) is 18.7 Å². The molecule has 1 saturated heterocycles. The highest BCUT2D eigenvalue weighted by Crippen LogP contribution is 2.33. The van der Waals surface area contributed by atoms with Crippen molar-refractivity contribution in [1.82, 2.24) is 4.98 Å². The molecule has 2 heterocycles. The summed E-state index contributed by atoms with van der Waals surface area (Å²) < 4.78 is 50.5. The predicted octanol–water partition coefficient (Wildman–Crippen LogP) is 4.21. The van der Waals surface area contributed by atoms with E-state index in [1.165, 1.54) is 12.3 Å². The summed E-state index contributed by atoms with van der Waals surface area (Å²) >= 11 is 0. The van der Waals surface area contributed by atoms with Crippen LogP contribution in [0.4, 0.5) is 19.0 Å². The minimum absolute atomic E-state index is 0.0599. The monoisotopic (exact) mass is 412 g/mol. The first-order valence-electron chi connectivity index (χ1n) is 9.60. The van der Waals surface area contributed by atoms with Crippen molar-refractivity contribution >= 4 is 5.82 Å². The van der Waals surface area contributed by atoms with E-state index in [9.17, 15) is 18.3 Å². The number of ether oxygens (including phenoxy) is 2. The SMILES string of the molecule is CC.Cc1cccc(C(F)(F)F)c1COc1ccc(N2CCOC(CO)C2)nc1. The van der Waals surface area contributed by atoms with Gasteiger partial charge in [-0.15, -0.1) is 0 Å². The molecule has 3 rings (SSSR count). The van der Waals surface area contributed by atoms with Crippen LogP contribution in [0.5, 0.6) is 5.75 Å². The minimum atomic E-state index is -4.42. The molecule has 0 saturated carbocycles. The molecule has 1 atom stereocenters. The van der Waals surface area contributed by atoms with Gasteiger partial charge in [0.15, 0.2) is 0 Å². The molecule has 160 valence electrons. The van der Waals surface area contributed by atoms with Crippen LogP contribution in [-0.2, 0) is 17.5 Å². The van der Waals surface area contributed by atoms with Crippen LogP contribution in [0.15, 0.2) is 36.5 Å². The zero-order valence-electron chi connectivity index (χ0n) is 16.9. The van der Waals surface area contributed by atoms with Gasteiger partial charge >= 0.3 is 6.18 Å². The van der Waals surface area contributed by atoms with Crippen molar-refractivity contribution in [3.05, 3.63) is 53.2 Å². The normalized spacial score (nSPS) is 16.8. The van der Waals surface area contributed by atoms with Crippen molar-refractivity contribution in [2.24, 2.45) is 0 Å². The maximum atomic E-state index is 13.2. The highest BCUT2D eigenvalue weighted by molar-refractivity contribution is 5.42. The zero-order chi connectivity index (χ0) is 21.4. The maximum absolute atomic E-state index is 13.2. The third-order valence-electron chi connectivity index (χ3n) is 4.49. The lowest BCUT2D eigenvalue weighted by molar-refractivity contribution is -0.138.